The molecule has 2 aromatic heterocycles. The van der Waals surface area contributed by atoms with Crippen molar-refractivity contribution >= 4 is 33.3 Å². The molecule has 0 saturated carbocycles. The zero-order valence-electron chi connectivity index (χ0n) is 12.7. The van der Waals surface area contributed by atoms with E-state index in [0.717, 1.165) is 35.4 Å². The minimum Gasteiger partial charge on any atom is -0.371 e. The van der Waals surface area contributed by atoms with E-state index in [1.165, 1.54) is 23.5 Å². The van der Waals surface area contributed by atoms with Crippen LogP contribution in [0.5, 0.6) is 0 Å². The van der Waals surface area contributed by atoms with E-state index in [0.29, 0.717) is 5.13 Å². The van der Waals surface area contributed by atoms with Crippen LogP contribution in [-0.2, 0) is 16.1 Å². The molecule has 1 amide bonds. The van der Waals surface area contributed by atoms with Gasteiger partial charge in [-0.15, -0.1) is 10.2 Å². The number of anilines is 1. The van der Waals surface area contributed by atoms with E-state index in [-0.39, 0.29) is 24.4 Å². The van der Waals surface area contributed by atoms with Crippen LogP contribution in [0.4, 0.5) is 9.52 Å². The maximum Gasteiger partial charge on any atom is 0.246 e. The molecule has 3 aromatic rings. The third kappa shape index (κ3) is 3.02. The molecule has 1 aromatic carbocycles. The van der Waals surface area contributed by atoms with Crippen molar-refractivity contribution in [3.05, 3.63) is 41.3 Å². The van der Waals surface area contributed by atoms with Crippen molar-refractivity contribution in [1.82, 2.24) is 14.8 Å². The Hall–Kier alpha value is -2.32. The maximum absolute atomic E-state index is 13.2. The van der Waals surface area contributed by atoms with Gasteiger partial charge in [-0.1, -0.05) is 11.3 Å². The van der Waals surface area contributed by atoms with Crippen molar-refractivity contribution in [3.8, 4) is 0 Å². The Morgan fingerprint density at radius 3 is 3.17 bits per heavy atom. The first kappa shape index (κ1) is 15.2. The molecule has 1 fully saturated rings. The first-order valence-electron chi connectivity index (χ1n) is 7.68. The van der Waals surface area contributed by atoms with Crippen LogP contribution in [0, 0.1) is 5.82 Å². The molecule has 1 aliphatic rings. The number of halogens is 1. The molecule has 1 saturated heterocycles. The summed E-state index contributed by atoms with van der Waals surface area (Å²) in [6.45, 7) is 0.872. The largest absolute Gasteiger partial charge is 0.371 e. The Balaban J connectivity index is 1.44. The topological polar surface area (TPSA) is 69.0 Å². The monoisotopic (exact) mass is 346 g/mol. The van der Waals surface area contributed by atoms with Gasteiger partial charge in [0, 0.05) is 23.7 Å². The second-order valence-corrected chi connectivity index (χ2v) is 6.65. The smallest absolute Gasteiger partial charge is 0.246 e. The molecule has 0 bridgehead atoms. The van der Waals surface area contributed by atoms with Crippen LogP contribution >= 0.6 is 11.3 Å². The lowest BCUT2D eigenvalue weighted by Crippen LogP contribution is -2.18. The fraction of sp³-hybridized carbons (Fsp3) is 0.312. The first-order valence-corrected chi connectivity index (χ1v) is 8.50. The summed E-state index contributed by atoms with van der Waals surface area (Å²) in [6.07, 6.45) is 3.72. The van der Waals surface area contributed by atoms with Crippen LogP contribution in [-0.4, -0.2) is 27.3 Å². The highest BCUT2D eigenvalue weighted by molar-refractivity contribution is 7.15. The quantitative estimate of drug-likeness (QED) is 0.788. The molecule has 24 heavy (non-hydrogen) atoms. The van der Waals surface area contributed by atoms with Crippen LogP contribution in [0.3, 0.4) is 0 Å². The molecule has 6 nitrogen and oxygen atoms in total. The van der Waals surface area contributed by atoms with E-state index in [1.807, 2.05) is 0 Å². The molecule has 8 heteroatoms. The van der Waals surface area contributed by atoms with Crippen molar-refractivity contribution in [2.24, 2.45) is 0 Å². The van der Waals surface area contributed by atoms with Crippen molar-refractivity contribution in [2.75, 3.05) is 11.9 Å². The van der Waals surface area contributed by atoms with Crippen LogP contribution in [0.1, 0.15) is 24.0 Å². The summed E-state index contributed by atoms with van der Waals surface area (Å²) < 4.78 is 20.5. The van der Waals surface area contributed by atoms with Gasteiger partial charge in [-0.2, -0.15) is 0 Å². The van der Waals surface area contributed by atoms with Crippen LogP contribution in [0.25, 0.3) is 10.9 Å². The molecule has 1 atom stereocenters. The van der Waals surface area contributed by atoms with E-state index in [4.69, 9.17) is 4.74 Å². The van der Waals surface area contributed by atoms with Crippen molar-refractivity contribution in [1.29, 1.82) is 0 Å². The Morgan fingerprint density at radius 2 is 2.33 bits per heavy atom. The van der Waals surface area contributed by atoms with Crippen molar-refractivity contribution in [2.45, 2.75) is 25.5 Å². The molecule has 0 aliphatic carbocycles. The average molecular weight is 346 g/mol. The zero-order chi connectivity index (χ0) is 16.5. The highest BCUT2D eigenvalue weighted by Crippen LogP contribution is 2.31. The number of fused-ring (bicyclic) bond motifs is 1. The number of hydrogen-bond acceptors (Lipinski definition) is 5. The van der Waals surface area contributed by atoms with E-state index in [2.05, 4.69) is 15.5 Å². The number of aromatic nitrogens is 3. The SMILES string of the molecule is O=C(Cn1ccc2cc(F)ccc21)Nc1nnc(C2CCCO2)s1. The van der Waals surface area contributed by atoms with Gasteiger partial charge < -0.3 is 9.30 Å². The van der Waals surface area contributed by atoms with Gasteiger partial charge in [0.05, 0.1) is 0 Å². The fourth-order valence-corrected chi connectivity index (χ4v) is 3.65. The van der Waals surface area contributed by atoms with Crippen LogP contribution < -0.4 is 5.32 Å². The minimum absolute atomic E-state index is 0.00330. The van der Waals surface area contributed by atoms with Gasteiger partial charge in [0.2, 0.25) is 11.0 Å². The van der Waals surface area contributed by atoms with Gasteiger partial charge in [-0.25, -0.2) is 4.39 Å². The Labute approximate surface area is 141 Å². The number of amides is 1. The van der Waals surface area contributed by atoms with Crippen LogP contribution in [0.2, 0.25) is 0 Å². The minimum atomic E-state index is -0.291. The predicted octanol–water partition coefficient (Wildman–Crippen LogP) is 3.12. The zero-order valence-corrected chi connectivity index (χ0v) is 13.6. The van der Waals surface area contributed by atoms with Crippen LogP contribution in [0.15, 0.2) is 30.5 Å². The summed E-state index contributed by atoms with van der Waals surface area (Å²) in [5.41, 5.74) is 0.809. The molecule has 1 aliphatic heterocycles. The fourth-order valence-electron chi connectivity index (χ4n) is 2.81. The number of rotatable bonds is 4. The van der Waals surface area contributed by atoms with Gasteiger partial charge in [0.25, 0.3) is 0 Å². The lowest BCUT2D eigenvalue weighted by molar-refractivity contribution is -0.116. The number of carbonyl (C=O) groups is 1. The molecule has 4 rings (SSSR count). The molecule has 1 N–H and O–H groups in total. The first-order chi connectivity index (χ1) is 11.7. The maximum atomic E-state index is 13.2. The molecule has 124 valence electrons. The van der Waals surface area contributed by atoms with E-state index in [1.54, 1.807) is 22.9 Å². The lowest BCUT2D eigenvalue weighted by atomic mass is 10.2. The summed E-state index contributed by atoms with van der Waals surface area (Å²) >= 11 is 1.34. The van der Waals surface area contributed by atoms with Gasteiger partial charge in [0.15, 0.2) is 0 Å². The van der Waals surface area contributed by atoms with Gasteiger partial charge in [-0.05, 0) is 37.1 Å². The Kier molecular flexibility index (Phi) is 3.99. The number of benzene rings is 1. The van der Waals surface area contributed by atoms with Gasteiger partial charge in [0.1, 0.15) is 23.5 Å². The highest BCUT2D eigenvalue weighted by atomic mass is 32.1. The van der Waals surface area contributed by atoms with Gasteiger partial charge in [-0.3, -0.25) is 10.1 Å². The number of nitrogens with one attached hydrogen (secondary N) is 1. The predicted molar refractivity (Wildman–Crippen MR) is 88.4 cm³/mol. The van der Waals surface area contributed by atoms with Crippen molar-refractivity contribution in [3.63, 3.8) is 0 Å². The average Bonchev–Trinajstić information content (AvgIpc) is 3.27. The molecule has 3 heterocycles. The molecule has 1 unspecified atom stereocenters. The second kappa shape index (κ2) is 6.29. The normalized spacial score (nSPS) is 17.5. The Bertz CT molecular complexity index is 885. The number of ether oxygens (including phenoxy) is 1. The van der Waals surface area contributed by atoms with E-state index < -0.39 is 0 Å². The van der Waals surface area contributed by atoms with Crippen molar-refractivity contribution < 1.29 is 13.9 Å². The number of hydrogen-bond donors (Lipinski definition) is 1. The molecule has 0 spiro atoms. The summed E-state index contributed by atoms with van der Waals surface area (Å²) in [4.78, 5) is 12.2. The highest BCUT2D eigenvalue weighted by Gasteiger charge is 2.22. The molecular weight excluding hydrogens is 331 g/mol. The molecular formula is C16H15FN4O2S. The standard InChI is InChI=1S/C16H15FN4O2S/c17-11-3-4-12-10(8-11)5-6-21(12)9-14(22)18-16-20-19-15(24-16)13-2-1-7-23-13/h3-6,8,13H,1-2,7,9H2,(H,18,20,22). The molecule has 0 radical (unpaired) electrons. The third-order valence-electron chi connectivity index (χ3n) is 3.94. The summed E-state index contributed by atoms with van der Waals surface area (Å²) in [7, 11) is 0. The van der Waals surface area contributed by atoms with Gasteiger partial charge >= 0.3 is 0 Å². The Morgan fingerprint density at radius 1 is 1.42 bits per heavy atom. The van der Waals surface area contributed by atoms with E-state index in [9.17, 15) is 9.18 Å². The second-order valence-electron chi connectivity index (χ2n) is 5.64. The number of nitrogens with zero attached hydrogens (tertiary/aromatic N) is 3. The summed E-state index contributed by atoms with van der Waals surface area (Å²) in [5.74, 6) is -0.493. The lowest BCUT2D eigenvalue weighted by Gasteiger charge is -2.05. The summed E-state index contributed by atoms with van der Waals surface area (Å²) in [6, 6.07) is 6.28. The van der Waals surface area contributed by atoms with E-state index >= 15 is 0 Å². The number of carbonyl (C=O) groups excluding carboxylic acids is 1. The summed E-state index contributed by atoms with van der Waals surface area (Å²) in [5, 5.41) is 12.9. The third-order valence-corrected chi connectivity index (χ3v) is 4.87.